The van der Waals surface area contributed by atoms with Crippen molar-refractivity contribution in [2.24, 2.45) is 5.92 Å². The number of amides is 2. The van der Waals surface area contributed by atoms with E-state index in [0.29, 0.717) is 43.9 Å². The van der Waals surface area contributed by atoms with Crippen LogP contribution in [0.25, 0.3) is 0 Å². The van der Waals surface area contributed by atoms with Crippen LogP contribution in [0.5, 0.6) is 0 Å². The first-order chi connectivity index (χ1) is 12.5. The maximum absolute atomic E-state index is 12.6. The molecule has 2 heterocycles. The Balaban J connectivity index is 1.47. The Hall–Kier alpha value is -2.63. The molecule has 6 heteroatoms. The van der Waals surface area contributed by atoms with E-state index in [4.69, 9.17) is 4.52 Å². The highest BCUT2D eigenvalue weighted by molar-refractivity contribution is 5.91. The zero-order chi connectivity index (χ0) is 18.5. The first-order valence-electron chi connectivity index (χ1n) is 9.10. The number of carbonyl (C=O) groups excluding carboxylic acids is 2. The van der Waals surface area contributed by atoms with Gasteiger partial charge in [-0.25, -0.2) is 0 Å². The van der Waals surface area contributed by atoms with Gasteiger partial charge in [0.15, 0.2) is 5.82 Å². The number of benzene rings is 1. The van der Waals surface area contributed by atoms with Crippen molar-refractivity contribution in [3.8, 4) is 0 Å². The molecule has 1 N–H and O–H groups in total. The number of nitrogens with one attached hydrogen (secondary N) is 1. The van der Waals surface area contributed by atoms with Crippen LogP contribution in [0.1, 0.15) is 43.4 Å². The van der Waals surface area contributed by atoms with Gasteiger partial charge in [-0.1, -0.05) is 42.4 Å². The molecule has 1 saturated heterocycles. The lowest BCUT2D eigenvalue weighted by molar-refractivity contribution is -0.134. The van der Waals surface area contributed by atoms with Crippen molar-refractivity contribution in [1.29, 1.82) is 0 Å². The zero-order valence-corrected chi connectivity index (χ0v) is 15.3. The van der Waals surface area contributed by atoms with Crippen molar-refractivity contribution in [2.75, 3.05) is 18.4 Å². The second kappa shape index (κ2) is 8.17. The minimum Gasteiger partial charge on any atom is -0.360 e. The minimum atomic E-state index is -0.0948. The Morgan fingerprint density at radius 2 is 1.96 bits per heavy atom. The average molecular weight is 355 g/mol. The SMILES string of the molecule is Cc1cc(NC(=O)C2CCN(C(=O)CC(C)c3ccccc3)CC2)no1. The van der Waals surface area contributed by atoms with Crippen LogP contribution in [0.3, 0.4) is 0 Å². The molecule has 1 aliphatic rings. The van der Waals surface area contributed by atoms with Gasteiger partial charge >= 0.3 is 0 Å². The molecule has 2 amide bonds. The number of anilines is 1. The molecule has 0 aliphatic carbocycles. The molecule has 1 aromatic carbocycles. The smallest absolute Gasteiger partial charge is 0.228 e. The fourth-order valence-electron chi connectivity index (χ4n) is 3.34. The third kappa shape index (κ3) is 4.50. The minimum absolute atomic E-state index is 0.0527. The molecule has 3 rings (SSSR count). The maximum Gasteiger partial charge on any atom is 0.228 e. The lowest BCUT2D eigenvalue weighted by Gasteiger charge is -2.32. The Bertz CT molecular complexity index is 749. The maximum atomic E-state index is 12.6. The summed E-state index contributed by atoms with van der Waals surface area (Å²) in [5.41, 5.74) is 1.18. The molecule has 2 aromatic rings. The Morgan fingerprint density at radius 1 is 1.27 bits per heavy atom. The van der Waals surface area contributed by atoms with E-state index in [9.17, 15) is 9.59 Å². The Kier molecular flexibility index (Phi) is 5.71. The fourth-order valence-corrected chi connectivity index (χ4v) is 3.34. The van der Waals surface area contributed by atoms with E-state index in [1.807, 2.05) is 23.1 Å². The van der Waals surface area contributed by atoms with E-state index in [1.165, 1.54) is 5.56 Å². The van der Waals surface area contributed by atoms with Crippen LogP contribution < -0.4 is 5.32 Å². The highest BCUT2D eigenvalue weighted by Crippen LogP contribution is 2.23. The van der Waals surface area contributed by atoms with Crippen LogP contribution in [0.2, 0.25) is 0 Å². The summed E-state index contributed by atoms with van der Waals surface area (Å²) in [6, 6.07) is 11.8. The number of hydrogen-bond donors (Lipinski definition) is 1. The molecule has 26 heavy (non-hydrogen) atoms. The molecular formula is C20H25N3O3. The van der Waals surface area contributed by atoms with Crippen LogP contribution >= 0.6 is 0 Å². The van der Waals surface area contributed by atoms with Crippen LogP contribution in [0.15, 0.2) is 40.9 Å². The van der Waals surface area contributed by atoms with E-state index >= 15 is 0 Å². The number of nitrogens with zero attached hydrogens (tertiary/aromatic N) is 2. The summed E-state index contributed by atoms with van der Waals surface area (Å²) in [5, 5.41) is 6.57. The quantitative estimate of drug-likeness (QED) is 0.892. The topological polar surface area (TPSA) is 75.4 Å². The summed E-state index contributed by atoms with van der Waals surface area (Å²) >= 11 is 0. The van der Waals surface area contributed by atoms with Crippen LogP contribution in [-0.2, 0) is 9.59 Å². The molecule has 0 saturated carbocycles. The predicted molar refractivity (Wildman–Crippen MR) is 98.6 cm³/mol. The van der Waals surface area contributed by atoms with E-state index in [-0.39, 0.29) is 23.7 Å². The second-order valence-electron chi connectivity index (χ2n) is 6.98. The summed E-state index contributed by atoms with van der Waals surface area (Å²) in [5.74, 6) is 1.31. The standard InChI is InChI=1S/C20H25N3O3/c1-14(16-6-4-3-5-7-16)12-19(24)23-10-8-17(9-11-23)20(25)21-18-13-15(2)26-22-18/h3-7,13-14,17H,8-12H2,1-2H3,(H,21,22,25). The van der Waals surface area contributed by atoms with Gasteiger partial charge in [-0.15, -0.1) is 0 Å². The molecule has 138 valence electrons. The number of carbonyl (C=O) groups is 2. The van der Waals surface area contributed by atoms with Crippen LogP contribution in [0.4, 0.5) is 5.82 Å². The number of likely N-dealkylation sites (tertiary alicyclic amines) is 1. The third-order valence-electron chi connectivity index (χ3n) is 4.95. The van der Waals surface area contributed by atoms with Crippen molar-refractivity contribution in [3.63, 3.8) is 0 Å². The zero-order valence-electron chi connectivity index (χ0n) is 15.3. The van der Waals surface area contributed by atoms with Gasteiger partial charge in [0.1, 0.15) is 5.76 Å². The van der Waals surface area contributed by atoms with Crippen molar-refractivity contribution in [2.45, 2.75) is 39.0 Å². The van der Waals surface area contributed by atoms with Crippen LogP contribution in [-0.4, -0.2) is 35.0 Å². The van der Waals surface area contributed by atoms with Crippen molar-refractivity contribution >= 4 is 17.6 Å². The first-order valence-corrected chi connectivity index (χ1v) is 9.10. The predicted octanol–water partition coefficient (Wildman–Crippen LogP) is 3.35. The Morgan fingerprint density at radius 3 is 2.58 bits per heavy atom. The molecule has 6 nitrogen and oxygen atoms in total. The fraction of sp³-hybridized carbons (Fsp3) is 0.450. The average Bonchev–Trinajstić information content (AvgIpc) is 3.07. The lowest BCUT2D eigenvalue weighted by Crippen LogP contribution is -2.41. The molecule has 1 unspecified atom stereocenters. The van der Waals surface area contributed by atoms with E-state index in [1.54, 1.807) is 13.0 Å². The van der Waals surface area contributed by atoms with Gasteiger partial charge in [0.25, 0.3) is 0 Å². The number of piperidine rings is 1. The molecule has 0 spiro atoms. The molecule has 1 fully saturated rings. The van der Waals surface area contributed by atoms with Gasteiger partial charge in [-0.05, 0) is 31.2 Å². The van der Waals surface area contributed by atoms with Gasteiger partial charge in [0, 0.05) is 31.5 Å². The highest BCUT2D eigenvalue weighted by atomic mass is 16.5. The summed E-state index contributed by atoms with van der Waals surface area (Å²) in [6.45, 7) is 5.10. The van der Waals surface area contributed by atoms with Gasteiger partial charge in [0.2, 0.25) is 11.8 Å². The molecular weight excluding hydrogens is 330 g/mol. The molecule has 1 aliphatic heterocycles. The normalized spacial score (nSPS) is 16.3. The molecule has 0 bridgehead atoms. The van der Waals surface area contributed by atoms with E-state index < -0.39 is 0 Å². The number of aromatic nitrogens is 1. The van der Waals surface area contributed by atoms with Gasteiger partial charge in [-0.3, -0.25) is 9.59 Å². The van der Waals surface area contributed by atoms with Gasteiger partial charge in [0.05, 0.1) is 0 Å². The first kappa shape index (κ1) is 18.2. The largest absolute Gasteiger partial charge is 0.360 e. The lowest BCUT2D eigenvalue weighted by atomic mass is 9.93. The van der Waals surface area contributed by atoms with E-state index in [0.717, 1.165) is 0 Å². The summed E-state index contributed by atoms with van der Waals surface area (Å²) in [7, 11) is 0. The third-order valence-corrected chi connectivity index (χ3v) is 4.95. The van der Waals surface area contributed by atoms with Crippen molar-refractivity contribution in [3.05, 3.63) is 47.7 Å². The molecule has 0 radical (unpaired) electrons. The molecule has 1 aromatic heterocycles. The second-order valence-corrected chi connectivity index (χ2v) is 6.98. The number of aryl methyl sites for hydroxylation is 1. The number of rotatable bonds is 5. The summed E-state index contributed by atoms with van der Waals surface area (Å²) in [6.07, 6.45) is 1.85. The monoisotopic (exact) mass is 355 g/mol. The van der Waals surface area contributed by atoms with Gasteiger partial charge in [-0.2, -0.15) is 0 Å². The summed E-state index contributed by atoms with van der Waals surface area (Å²) in [4.78, 5) is 26.8. The van der Waals surface area contributed by atoms with Crippen molar-refractivity contribution in [1.82, 2.24) is 10.1 Å². The Labute approximate surface area is 153 Å². The number of hydrogen-bond acceptors (Lipinski definition) is 4. The molecule has 1 atom stereocenters. The van der Waals surface area contributed by atoms with E-state index in [2.05, 4.69) is 29.5 Å². The van der Waals surface area contributed by atoms with Crippen molar-refractivity contribution < 1.29 is 14.1 Å². The van der Waals surface area contributed by atoms with Crippen LogP contribution in [0, 0.1) is 12.8 Å². The highest BCUT2D eigenvalue weighted by Gasteiger charge is 2.28. The summed E-state index contributed by atoms with van der Waals surface area (Å²) < 4.78 is 4.96. The van der Waals surface area contributed by atoms with Gasteiger partial charge < -0.3 is 14.7 Å².